The predicted octanol–water partition coefficient (Wildman–Crippen LogP) is 0.919. The molecule has 0 saturated carbocycles. The molecule has 4 nitrogen and oxygen atoms in total. The number of nitrogens with two attached hydrogens (primary N) is 1. The third kappa shape index (κ3) is 4.78. The van der Waals surface area contributed by atoms with Gasteiger partial charge in [0.15, 0.2) is 0 Å². The van der Waals surface area contributed by atoms with E-state index in [1.54, 1.807) is 0 Å². The quantitative estimate of drug-likeness (QED) is 0.610. The van der Waals surface area contributed by atoms with Crippen LogP contribution < -0.4 is 5.73 Å². The number of ether oxygens (including phenoxy) is 2. The molecule has 0 bridgehead atoms. The summed E-state index contributed by atoms with van der Waals surface area (Å²) in [5, 5.41) is 9.94. The fourth-order valence-corrected chi connectivity index (χ4v) is 1.89. The van der Waals surface area contributed by atoms with Crippen LogP contribution >= 0.6 is 0 Å². The third-order valence-corrected chi connectivity index (χ3v) is 3.35. The number of aliphatic hydroxyl groups is 1. The van der Waals surface area contributed by atoms with Crippen LogP contribution in [0.1, 0.15) is 32.6 Å². The molecule has 1 aliphatic heterocycles. The Kier molecular flexibility index (Phi) is 6.28. The number of rotatable bonds is 8. The average molecular weight is 231 g/mol. The van der Waals surface area contributed by atoms with Gasteiger partial charge in [0.1, 0.15) is 0 Å². The molecule has 2 unspecified atom stereocenters. The summed E-state index contributed by atoms with van der Waals surface area (Å²) in [5.41, 5.74) is 4.83. The minimum atomic E-state index is -0.695. The third-order valence-electron chi connectivity index (χ3n) is 3.35. The topological polar surface area (TPSA) is 64.7 Å². The summed E-state index contributed by atoms with van der Waals surface area (Å²) >= 11 is 0. The highest BCUT2D eigenvalue weighted by Gasteiger charge is 2.21. The maximum atomic E-state index is 9.94. The van der Waals surface area contributed by atoms with Crippen molar-refractivity contribution in [2.45, 2.75) is 38.2 Å². The van der Waals surface area contributed by atoms with E-state index in [9.17, 15) is 5.11 Å². The zero-order valence-corrected chi connectivity index (χ0v) is 10.3. The summed E-state index contributed by atoms with van der Waals surface area (Å²) in [6.07, 6.45) is 3.41. The van der Waals surface area contributed by atoms with E-state index >= 15 is 0 Å². The lowest BCUT2D eigenvalue weighted by molar-refractivity contribution is 0.0198. The molecule has 0 aromatic carbocycles. The van der Waals surface area contributed by atoms with Crippen LogP contribution in [-0.4, -0.2) is 43.7 Å². The van der Waals surface area contributed by atoms with Gasteiger partial charge in [0.05, 0.1) is 18.8 Å². The fraction of sp³-hybridized carbons (Fsp3) is 1.00. The van der Waals surface area contributed by atoms with Gasteiger partial charge >= 0.3 is 0 Å². The Bertz CT molecular complexity index is 177. The Morgan fingerprint density at radius 2 is 2.38 bits per heavy atom. The zero-order valence-electron chi connectivity index (χ0n) is 10.3. The number of hydrogen-bond acceptors (Lipinski definition) is 4. The second-order valence-corrected chi connectivity index (χ2v) is 4.69. The molecule has 16 heavy (non-hydrogen) atoms. The first-order chi connectivity index (χ1) is 7.70. The van der Waals surface area contributed by atoms with Gasteiger partial charge in [0, 0.05) is 25.7 Å². The monoisotopic (exact) mass is 231 g/mol. The van der Waals surface area contributed by atoms with E-state index in [-0.39, 0.29) is 0 Å². The molecule has 1 fully saturated rings. The van der Waals surface area contributed by atoms with E-state index in [0.29, 0.717) is 25.5 Å². The normalized spacial score (nSPS) is 24.6. The lowest BCUT2D eigenvalue weighted by Crippen LogP contribution is -2.37. The largest absolute Gasteiger partial charge is 0.389 e. The Morgan fingerprint density at radius 1 is 1.56 bits per heavy atom. The minimum Gasteiger partial charge on any atom is -0.389 e. The first kappa shape index (κ1) is 13.9. The van der Waals surface area contributed by atoms with Crippen molar-refractivity contribution in [1.29, 1.82) is 0 Å². The van der Waals surface area contributed by atoms with Crippen LogP contribution in [-0.2, 0) is 9.47 Å². The highest BCUT2D eigenvalue weighted by atomic mass is 16.5. The van der Waals surface area contributed by atoms with Gasteiger partial charge in [0.2, 0.25) is 0 Å². The van der Waals surface area contributed by atoms with Crippen molar-refractivity contribution in [1.82, 2.24) is 0 Å². The highest BCUT2D eigenvalue weighted by Crippen LogP contribution is 2.16. The summed E-state index contributed by atoms with van der Waals surface area (Å²) in [4.78, 5) is 0. The predicted molar refractivity (Wildman–Crippen MR) is 63.3 cm³/mol. The minimum absolute atomic E-state index is 0.333. The van der Waals surface area contributed by atoms with Crippen molar-refractivity contribution in [3.05, 3.63) is 0 Å². The van der Waals surface area contributed by atoms with E-state index in [0.717, 1.165) is 39.1 Å². The maximum Gasteiger partial charge on any atom is 0.0767 e. The summed E-state index contributed by atoms with van der Waals surface area (Å²) in [7, 11) is 0. The standard InChI is InChI=1S/C12H25NO3/c1-2-12(14,10-13)5-3-6-15-8-11-4-7-16-9-11/h11,14H,2-10,13H2,1H3. The van der Waals surface area contributed by atoms with Gasteiger partial charge in [-0.05, 0) is 25.7 Å². The van der Waals surface area contributed by atoms with Crippen LogP contribution in [0.3, 0.4) is 0 Å². The number of hydrogen-bond donors (Lipinski definition) is 2. The van der Waals surface area contributed by atoms with Gasteiger partial charge in [0.25, 0.3) is 0 Å². The average Bonchev–Trinajstić information content (AvgIpc) is 2.81. The molecule has 0 aromatic heterocycles. The van der Waals surface area contributed by atoms with Crippen molar-refractivity contribution in [3.63, 3.8) is 0 Å². The SMILES string of the molecule is CCC(O)(CN)CCCOCC1CCOC1. The molecule has 1 heterocycles. The molecule has 0 amide bonds. The lowest BCUT2D eigenvalue weighted by atomic mass is 9.95. The zero-order chi connectivity index (χ0) is 11.9. The molecule has 4 heteroatoms. The maximum absolute atomic E-state index is 9.94. The summed E-state index contributed by atoms with van der Waals surface area (Å²) in [6, 6.07) is 0. The lowest BCUT2D eigenvalue weighted by Gasteiger charge is -2.24. The molecule has 0 aromatic rings. The fourth-order valence-electron chi connectivity index (χ4n) is 1.89. The molecule has 3 N–H and O–H groups in total. The van der Waals surface area contributed by atoms with E-state index < -0.39 is 5.60 Å². The molecule has 1 rings (SSSR count). The first-order valence-electron chi connectivity index (χ1n) is 6.28. The van der Waals surface area contributed by atoms with Gasteiger partial charge in [-0.25, -0.2) is 0 Å². The van der Waals surface area contributed by atoms with Crippen LogP contribution in [0.5, 0.6) is 0 Å². The van der Waals surface area contributed by atoms with Crippen LogP contribution in [0.25, 0.3) is 0 Å². The molecule has 1 aliphatic rings. The van der Waals surface area contributed by atoms with Crippen LogP contribution in [0.4, 0.5) is 0 Å². The Balaban J connectivity index is 1.98. The van der Waals surface area contributed by atoms with Crippen molar-refractivity contribution in [2.24, 2.45) is 11.7 Å². The van der Waals surface area contributed by atoms with Crippen LogP contribution in [0, 0.1) is 5.92 Å². The van der Waals surface area contributed by atoms with Gasteiger partial charge in [-0.2, -0.15) is 0 Å². The summed E-state index contributed by atoms with van der Waals surface area (Å²) in [5.74, 6) is 0.569. The molecule has 2 atom stereocenters. The second-order valence-electron chi connectivity index (χ2n) is 4.69. The summed E-state index contributed by atoms with van der Waals surface area (Å²) < 4.78 is 10.8. The van der Waals surface area contributed by atoms with E-state index in [2.05, 4.69) is 0 Å². The summed E-state index contributed by atoms with van der Waals surface area (Å²) in [6.45, 7) is 5.49. The molecule has 0 aliphatic carbocycles. The van der Waals surface area contributed by atoms with Gasteiger partial charge in [-0.1, -0.05) is 6.92 Å². The van der Waals surface area contributed by atoms with Crippen LogP contribution in [0.2, 0.25) is 0 Å². The van der Waals surface area contributed by atoms with E-state index in [1.807, 2.05) is 6.92 Å². The van der Waals surface area contributed by atoms with Crippen LogP contribution in [0.15, 0.2) is 0 Å². The molecule has 0 spiro atoms. The first-order valence-corrected chi connectivity index (χ1v) is 6.28. The van der Waals surface area contributed by atoms with Gasteiger partial charge < -0.3 is 20.3 Å². The highest BCUT2D eigenvalue weighted by molar-refractivity contribution is 4.77. The smallest absolute Gasteiger partial charge is 0.0767 e. The molecule has 96 valence electrons. The van der Waals surface area contributed by atoms with Gasteiger partial charge in [-0.15, -0.1) is 0 Å². The molecule has 0 radical (unpaired) electrons. The van der Waals surface area contributed by atoms with E-state index in [4.69, 9.17) is 15.2 Å². The Morgan fingerprint density at radius 3 is 2.94 bits per heavy atom. The van der Waals surface area contributed by atoms with E-state index in [1.165, 1.54) is 0 Å². The van der Waals surface area contributed by atoms with Crippen molar-refractivity contribution in [3.8, 4) is 0 Å². The second kappa shape index (κ2) is 7.22. The molecular formula is C12H25NO3. The van der Waals surface area contributed by atoms with Crippen molar-refractivity contribution in [2.75, 3.05) is 33.0 Å². The Hall–Kier alpha value is -0.160. The van der Waals surface area contributed by atoms with Crippen molar-refractivity contribution >= 4 is 0 Å². The van der Waals surface area contributed by atoms with Crippen molar-refractivity contribution < 1.29 is 14.6 Å². The Labute approximate surface area is 98.1 Å². The molecule has 1 saturated heterocycles. The van der Waals surface area contributed by atoms with Gasteiger partial charge in [-0.3, -0.25) is 0 Å². The molecular weight excluding hydrogens is 206 g/mol.